The van der Waals surface area contributed by atoms with Crippen molar-refractivity contribution < 1.29 is 14.0 Å². The van der Waals surface area contributed by atoms with Gasteiger partial charge in [-0.1, -0.05) is 42.0 Å². The van der Waals surface area contributed by atoms with E-state index in [0.717, 1.165) is 42.8 Å². The summed E-state index contributed by atoms with van der Waals surface area (Å²) in [5.74, 6) is -1.49. The largest absolute Gasteiger partial charge is 0.366 e. The predicted octanol–water partition coefficient (Wildman–Crippen LogP) is 3.90. The van der Waals surface area contributed by atoms with Crippen molar-refractivity contribution in [2.75, 3.05) is 18.0 Å². The number of nitrogens with zero attached hydrogens (tertiary/aromatic N) is 2. The quantitative estimate of drug-likeness (QED) is 0.776. The Bertz CT molecular complexity index is 928. The zero-order valence-corrected chi connectivity index (χ0v) is 15.2. The fraction of sp³-hybridized carbons (Fsp3) is 0.273. The third-order valence-corrected chi connectivity index (χ3v) is 5.17. The lowest BCUT2D eigenvalue weighted by Gasteiger charge is -2.29. The summed E-state index contributed by atoms with van der Waals surface area (Å²) in [6.07, 6.45) is 3.07. The standard InChI is InChI=1S/C22H21FN2O2/c1-15-9-11-16(12-10-15)19-20(24-13-5-2-6-14-24)22(27)25(21(19)26)18-8-4-3-7-17(18)23/h3-4,7-12H,2,5-6,13-14H2,1H3. The van der Waals surface area contributed by atoms with Crippen LogP contribution in [0, 0.1) is 12.7 Å². The number of carbonyl (C=O) groups excluding carboxylic acids is 2. The van der Waals surface area contributed by atoms with Gasteiger partial charge in [-0.05, 0) is 43.9 Å². The molecule has 0 aromatic heterocycles. The molecule has 4 rings (SSSR count). The number of benzene rings is 2. The van der Waals surface area contributed by atoms with Crippen molar-refractivity contribution >= 4 is 23.1 Å². The lowest BCUT2D eigenvalue weighted by Crippen LogP contribution is -2.37. The summed E-state index contributed by atoms with van der Waals surface area (Å²) in [6, 6.07) is 13.4. The van der Waals surface area contributed by atoms with E-state index in [1.165, 1.54) is 12.1 Å². The SMILES string of the molecule is Cc1ccc(C2=C(N3CCCCC3)C(=O)N(c3ccccc3F)C2=O)cc1. The van der Waals surface area contributed by atoms with Crippen molar-refractivity contribution in [1.29, 1.82) is 0 Å². The number of piperidine rings is 1. The second-order valence-electron chi connectivity index (χ2n) is 7.03. The number of likely N-dealkylation sites (tertiary alicyclic amines) is 1. The van der Waals surface area contributed by atoms with E-state index < -0.39 is 17.6 Å². The molecule has 138 valence electrons. The second-order valence-corrected chi connectivity index (χ2v) is 7.03. The molecule has 0 atom stereocenters. The van der Waals surface area contributed by atoms with E-state index in [1.807, 2.05) is 36.1 Å². The van der Waals surface area contributed by atoms with Crippen molar-refractivity contribution in [3.05, 3.63) is 71.2 Å². The summed E-state index contributed by atoms with van der Waals surface area (Å²) in [7, 11) is 0. The molecule has 0 aliphatic carbocycles. The maximum absolute atomic E-state index is 14.4. The Morgan fingerprint density at radius 2 is 1.52 bits per heavy atom. The fourth-order valence-electron chi connectivity index (χ4n) is 3.76. The first kappa shape index (κ1) is 17.5. The molecular formula is C22H21FN2O2. The van der Waals surface area contributed by atoms with Gasteiger partial charge in [-0.25, -0.2) is 9.29 Å². The van der Waals surface area contributed by atoms with Gasteiger partial charge in [0.25, 0.3) is 11.8 Å². The third-order valence-electron chi connectivity index (χ3n) is 5.17. The van der Waals surface area contributed by atoms with Gasteiger partial charge in [0.2, 0.25) is 0 Å². The summed E-state index contributed by atoms with van der Waals surface area (Å²) in [4.78, 5) is 29.5. The minimum absolute atomic E-state index is 0.00382. The number of hydrogen-bond acceptors (Lipinski definition) is 3. The molecular weight excluding hydrogens is 343 g/mol. The Kier molecular flexibility index (Phi) is 4.52. The summed E-state index contributed by atoms with van der Waals surface area (Å²) >= 11 is 0. The number of aryl methyl sites for hydroxylation is 1. The van der Waals surface area contributed by atoms with Crippen LogP contribution < -0.4 is 4.90 Å². The highest BCUT2D eigenvalue weighted by molar-refractivity contribution is 6.45. The van der Waals surface area contributed by atoms with Crippen molar-refractivity contribution in [1.82, 2.24) is 4.90 Å². The summed E-state index contributed by atoms with van der Waals surface area (Å²) in [5.41, 5.74) is 2.53. The molecule has 0 saturated carbocycles. The highest BCUT2D eigenvalue weighted by Crippen LogP contribution is 2.36. The monoisotopic (exact) mass is 364 g/mol. The van der Waals surface area contributed by atoms with Crippen LogP contribution >= 0.6 is 0 Å². The number of imide groups is 1. The molecule has 27 heavy (non-hydrogen) atoms. The van der Waals surface area contributed by atoms with Crippen LogP contribution in [-0.2, 0) is 9.59 Å². The van der Waals surface area contributed by atoms with Gasteiger partial charge in [-0.15, -0.1) is 0 Å². The molecule has 2 aliphatic heterocycles. The first-order valence-corrected chi connectivity index (χ1v) is 9.27. The Morgan fingerprint density at radius 1 is 0.852 bits per heavy atom. The molecule has 5 heteroatoms. The maximum atomic E-state index is 14.4. The van der Waals surface area contributed by atoms with Crippen LogP contribution in [-0.4, -0.2) is 29.8 Å². The van der Waals surface area contributed by atoms with Crippen LogP contribution in [0.4, 0.5) is 10.1 Å². The number of para-hydroxylation sites is 1. The van der Waals surface area contributed by atoms with Crippen LogP contribution in [0.25, 0.3) is 5.57 Å². The van der Waals surface area contributed by atoms with E-state index in [2.05, 4.69) is 0 Å². The highest BCUT2D eigenvalue weighted by Gasteiger charge is 2.43. The molecule has 2 aromatic carbocycles. The van der Waals surface area contributed by atoms with E-state index in [-0.39, 0.29) is 5.69 Å². The molecule has 4 nitrogen and oxygen atoms in total. The average molecular weight is 364 g/mol. The minimum Gasteiger partial charge on any atom is -0.366 e. The first-order valence-electron chi connectivity index (χ1n) is 9.27. The van der Waals surface area contributed by atoms with Gasteiger partial charge in [0.15, 0.2) is 0 Å². The van der Waals surface area contributed by atoms with Gasteiger partial charge < -0.3 is 4.90 Å². The van der Waals surface area contributed by atoms with Crippen molar-refractivity contribution in [2.24, 2.45) is 0 Å². The maximum Gasteiger partial charge on any atom is 0.282 e. The molecule has 0 bridgehead atoms. The summed E-state index contributed by atoms with van der Waals surface area (Å²) in [6.45, 7) is 3.43. The van der Waals surface area contributed by atoms with Gasteiger partial charge >= 0.3 is 0 Å². The first-order chi connectivity index (χ1) is 13.1. The topological polar surface area (TPSA) is 40.6 Å². The molecule has 2 aliphatic rings. The Morgan fingerprint density at radius 3 is 2.19 bits per heavy atom. The Balaban J connectivity index is 1.84. The molecule has 2 aromatic rings. The summed E-state index contributed by atoms with van der Waals surface area (Å²) < 4.78 is 14.4. The van der Waals surface area contributed by atoms with Gasteiger partial charge in [0, 0.05) is 13.1 Å². The molecule has 2 heterocycles. The molecule has 1 fully saturated rings. The van der Waals surface area contributed by atoms with Crippen LogP contribution in [0.1, 0.15) is 30.4 Å². The highest BCUT2D eigenvalue weighted by atomic mass is 19.1. The normalized spacial score (nSPS) is 17.9. The zero-order valence-electron chi connectivity index (χ0n) is 15.2. The van der Waals surface area contributed by atoms with Gasteiger partial charge in [-0.2, -0.15) is 0 Å². The van der Waals surface area contributed by atoms with Gasteiger partial charge in [-0.3, -0.25) is 9.59 Å². The lowest BCUT2D eigenvalue weighted by molar-refractivity contribution is -0.120. The Labute approximate surface area is 157 Å². The predicted molar refractivity (Wildman–Crippen MR) is 102 cm³/mol. The van der Waals surface area contributed by atoms with E-state index in [1.54, 1.807) is 12.1 Å². The molecule has 2 amide bonds. The van der Waals surface area contributed by atoms with Crippen LogP contribution in [0.2, 0.25) is 0 Å². The van der Waals surface area contributed by atoms with E-state index >= 15 is 0 Å². The number of rotatable bonds is 3. The Hall–Kier alpha value is -2.95. The second kappa shape index (κ2) is 6.99. The number of hydrogen-bond donors (Lipinski definition) is 0. The fourth-order valence-corrected chi connectivity index (χ4v) is 3.76. The average Bonchev–Trinajstić information content (AvgIpc) is 2.94. The third kappa shape index (κ3) is 3.03. The van der Waals surface area contributed by atoms with Gasteiger partial charge in [0.05, 0.1) is 11.3 Å². The lowest BCUT2D eigenvalue weighted by atomic mass is 10.0. The van der Waals surface area contributed by atoms with Crippen LogP contribution in [0.3, 0.4) is 0 Å². The smallest absolute Gasteiger partial charge is 0.282 e. The molecule has 0 radical (unpaired) electrons. The van der Waals surface area contributed by atoms with E-state index in [4.69, 9.17) is 0 Å². The zero-order chi connectivity index (χ0) is 19.0. The van der Waals surface area contributed by atoms with Crippen LogP contribution in [0.15, 0.2) is 54.2 Å². The van der Waals surface area contributed by atoms with E-state index in [9.17, 15) is 14.0 Å². The minimum atomic E-state index is -0.581. The van der Waals surface area contributed by atoms with E-state index in [0.29, 0.717) is 16.8 Å². The number of anilines is 1. The molecule has 0 spiro atoms. The van der Waals surface area contributed by atoms with Crippen molar-refractivity contribution in [2.45, 2.75) is 26.2 Å². The number of halogens is 1. The molecule has 0 N–H and O–H groups in total. The molecule has 1 saturated heterocycles. The van der Waals surface area contributed by atoms with Gasteiger partial charge in [0.1, 0.15) is 11.5 Å². The number of carbonyl (C=O) groups is 2. The van der Waals surface area contributed by atoms with Crippen molar-refractivity contribution in [3.8, 4) is 0 Å². The van der Waals surface area contributed by atoms with Crippen molar-refractivity contribution in [3.63, 3.8) is 0 Å². The summed E-state index contributed by atoms with van der Waals surface area (Å²) in [5, 5.41) is 0. The van der Waals surface area contributed by atoms with Crippen LogP contribution in [0.5, 0.6) is 0 Å². The molecule has 0 unspecified atom stereocenters. The number of amides is 2.